The minimum atomic E-state index is -0.857. The molecule has 1 atom stereocenters. The van der Waals surface area contributed by atoms with Crippen LogP contribution in [0, 0.1) is 0 Å². The summed E-state index contributed by atoms with van der Waals surface area (Å²) in [5.74, 6) is -2.22. The van der Waals surface area contributed by atoms with E-state index in [1.165, 1.54) is 19.2 Å². The van der Waals surface area contributed by atoms with Crippen molar-refractivity contribution < 1.29 is 24.9 Å². The third kappa shape index (κ3) is 3.83. The normalized spacial score (nSPS) is 12.5. The van der Waals surface area contributed by atoms with Crippen molar-refractivity contribution in [1.82, 2.24) is 5.43 Å². The van der Waals surface area contributed by atoms with Crippen molar-refractivity contribution >= 4 is 12.1 Å². The average molecular weight is 269 g/mol. The van der Waals surface area contributed by atoms with Gasteiger partial charge in [0.1, 0.15) is 6.04 Å². The van der Waals surface area contributed by atoms with Gasteiger partial charge in [-0.15, -0.1) is 0 Å². The fourth-order valence-electron chi connectivity index (χ4n) is 1.19. The number of benzene rings is 1. The molecule has 19 heavy (non-hydrogen) atoms. The van der Waals surface area contributed by atoms with Crippen molar-refractivity contribution in [2.24, 2.45) is 10.8 Å². The smallest absolute Gasteiger partial charge is 0.259 e. The van der Waals surface area contributed by atoms with E-state index in [0.717, 1.165) is 6.21 Å². The number of methoxy groups -OCH3 is 1. The van der Waals surface area contributed by atoms with Gasteiger partial charge < -0.3 is 25.8 Å². The second kappa shape index (κ2) is 6.57. The summed E-state index contributed by atoms with van der Waals surface area (Å²) in [7, 11) is 1.41. The molecular weight excluding hydrogens is 254 g/mol. The van der Waals surface area contributed by atoms with E-state index in [0.29, 0.717) is 0 Å². The topological polar surface area (TPSA) is 137 Å². The van der Waals surface area contributed by atoms with Gasteiger partial charge in [-0.3, -0.25) is 4.79 Å². The number of hydrogen-bond donors (Lipinski definition) is 5. The zero-order valence-electron chi connectivity index (χ0n) is 10.2. The summed E-state index contributed by atoms with van der Waals surface area (Å²) in [5, 5.41) is 31.4. The summed E-state index contributed by atoms with van der Waals surface area (Å²) in [6, 6.07) is 1.63. The predicted octanol–water partition coefficient (Wildman–Crippen LogP) is -0.773. The van der Waals surface area contributed by atoms with Crippen LogP contribution in [0.5, 0.6) is 17.2 Å². The summed E-state index contributed by atoms with van der Waals surface area (Å²) < 4.78 is 4.70. The number of ether oxygens (including phenoxy) is 1. The second-order valence-corrected chi connectivity index (χ2v) is 3.67. The Labute approximate surface area is 109 Å². The fourth-order valence-corrected chi connectivity index (χ4v) is 1.19. The first kappa shape index (κ1) is 14.7. The highest BCUT2D eigenvalue weighted by atomic mass is 16.5. The fraction of sp³-hybridized carbons (Fsp3) is 0.273. The molecule has 0 aliphatic heterocycles. The Hall–Kier alpha value is -2.32. The molecule has 0 saturated heterocycles. The predicted molar refractivity (Wildman–Crippen MR) is 67.0 cm³/mol. The maximum absolute atomic E-state index is 11.3. The molecule has 0 aliphatic carbocycles. The van der Waals surface area contributed by atoms with Gasteiger partial charge in [0.2, 0.25) is 5.75 Å². The van der Waals surface area contributed by atoms with Crippen molar-refractivity contribution in [3.05, 3.63) is 17.7 Å². The molecule has 0 saturated carbocycles. The van der Waals surface area contributed by atoms with E-state index < -0.39 is 29.2 Å². The van der Waals surface area contributed by atoms with Crippen LogP contribution in [0.1, 0.15) is 5.56 Å². The molecule has 0 fully saturated rings. The molecule has 1 aromatic rings. The standard InChI is InChI=1S/C11H15N3O5/c1-19-5-7(12)11(18)14-13-4-6-2-3-8(15)10(17)9(6)16/h2-4,7,15-17H,5,12H2,1H3,(H,14,18). The number of rotatable bonds is 5. The Morgan fingerprint density at radius 3 is 2.79 bits per heavy atom. The third-order valence-electron chi connectivity index (χ3n) is 2.22. The van der Waals surface area contributed by atoms with Crippen LogP contribution in [0.2, 0.25) is 0 Å². The lowest BCUT2D eigenvalue weighted by Crippen LogP contribution is -2.41. The number of hydrazone groups is 1. The molecule has 6 N–H and O–H groups in total. The number of carbonyl (C=O) groups is 1. The molecule has 1 amide bonds. The Bertz CT molecular complexity index is 489. The molecule has 8 heteroatoms. The lowest BCUT2D eigenvalue weighted by atomic mass is 10.2. The summed E-state index contributed by atoms with van der Waals surface area (Å²) >= 11 is 0. The molecule has 8 nitrogen and oxygen atoms in total. The minimum absolute atomic E-state index is 0.0482. The lowest BCUT2D eigenvalue weighted by Gasteiger charge is -2.07. The minimum Gasteiger partial charge on any atom is -0.504 e. The molecule has 1 rings (SSSR count). The van der Waals surface area contributed by atoms with Crippen LogP contribution in [-0.4, -0.2) is 47.2 Å². The number of amides is 1. The van der Waals surface area contributed by atoms with Gasteiger partial charge in [-0.25, -0.2) is 5.43 Å². The Morgan fingerprint density at radius 1 is 1.47 bits per heavy atom. The largest absolute Gasteiger partial charge is 0.504 e. The van der Waals surface area contributed by atoms with E-state index >= 15 is 0 Å². The van der Waals surface area contributed by atoms with Gasteiger partial charge >= 0.3 is 0 Å². The van der Waals surface area contributed by atoms with E-state index in [4.69, 9.17) is 15.6 Å². The van der Waals surface area contributed by atoms with Gasteiger partial charge in [0.25, 0.3) is 5.91 Å². The van der Waals surface area contributed by atoms with Gasteiger partial charge in [-0.1, -0.05) is 0 Å². The van der Waals surface area contributed by atoms with E-state index in [9.17, 15) is 15.0 Å². The Kier molecular flexibility index (Phi) is 5.10. The highest BCUT2D eigenvalue weighted by Gasteiger charge is 2.12. The molecule has 1 aromatic carbocycles. The first-order valence-electron chi connectivity index (χ1n) is 5.28. The summed E-state index contributed by atoms with van der Waals surface area (Å²) in [6.45, 7) is 0.0482. The number of nitrogens with two attached hydrogens (primary N) is 1. The molecular formula is C11H15N3O5. The summed E-state index contributed by atoms with van der Waals surface area (Å²) in [4.78, 5) is 11.3. The molecule has 0 bridgehead atoms. The molecule has 0 spiro atoms. The van der Waals surface area contributed by atoms with Gasteiger partial charge in [0, 0.05) is 12.7 Å². The van der Waals surface area contributed by atoms with Crippen LogP contribution in [0.25, 0.3) is 0 Å². The molecule has 1 unspecified atom stereocenters. The highest BCUT2D eigenvalue weighted by molar-refractivity contribution is 5.87. The van der Waals surface area contributed by atoms with Crippen LogP contribution in [0.4, 0.5) is 0 Å². The number of hydrogen-bond acceptors (Lipinski definition) is 7. The first-order valence-corrected chi connectivity index (χ1v) is 5.28. The van der Waals surface area contributed by atoms with E-state index in [1.807, 2.05) is 0 Å². The van der Waals surface area contributed by atoms with Crippen molar-refractivity contribution in [2.45, 2.75) is 6.04 Å². The zero-order valence-corrected chi connectivity index (χ0v) is 10.2. The SMILES string of the molecule is COCC(N)C(=O)NN=Cc1ccc(O)c(O)c1O. The second-order valence-electron chi connectivity index (χ2n) is 3.67. The quantitative estimate of drug-likeness (QED) is 0.270. The monoisotopic (exact) mass is 269 g/mol. The van der Waals surface area contributed by atoms with Crippen molar-refractivity contribution in [3.63, 3.8) is 0 Å². The third-order valence-corrected chi connectivity index (χ3v) is 2.22. The maximum atomic E-state index is 11.3. The number of nitrogens with zero attached hydrogens (tertiary/aromatic N) is 1. The number of carbonyl (C=O) groups excluding carboxylic acids is 1. The highest BCUT2D eigenvalue weighted by Crippen LogP contribution is 2.36. The van der Waals surface area contributed by atoms with Crippen molar-refractivity contribution in [3.8, 4) is 17.2 Å². The van der Waals surface area contributed by atoms with Crippen molar-refractivity contribution in [2.75, 3.05) is 13.7 Å². The van der Waals surface area contributed by atoms with Crippen LogP contribution in [0.15, 0.2) is 17.2 Å². The summed E-state index contributed by atoms with van der Waals surface area (Å²) in [6.07, 6.45) is 1.10. The van der Waals surface area contributed by atoms with E-state index in [1.54, 1.807) is 0 Å². The summed E-state index contributed by atoms with van der Waals surface area (Å²) in [5.41, 5.74) is 7.72. The van der Waals surface area contributed by atoms with Crippen LogP contribution in [0.3, 0.4) is 0 Å². The van der Waals surface area contributed by atoms with Crippen LogP contribution < -0.4 is 11.2 Å². The Balaban J connectivity index is 2.68. The zero-order chi connectivity index (χ0) is 14.4. The number of aromatic hydroxyl groups is 3. The number of nitrogens with one attached hydrogen (secondary N) is 1. The van der Waals surface area contributed by atoms with Gasteiger partial charge in [-0.2, -0.15) is 5.10 Å². The molecule has 104 valence electrons. The van der Waals surface area contributed by atoms with Gasteiger partial charge in [0.05, 0.1) is 12.8 Å². The molecule has 0 aromatic heterocycles. The maximum Gasteiger partial charge on any atom is 0.259 e. The lowest BCUT2D eigenvalue weighted by molar-refractivity contribution is -0.123. The van der Waals surface area contributed by atoms with Crippen LogP contribution >= 0.6 is 0 Å². The van der Waals surface area contributed by atoms with E-state index in [2.05, 4.69) is 10.5 Å². The Morgan fingerprint density at radius 2 is 2.16 bits per heavy atom. The van der Waals surface area contributed by atoms with Gasteiger partial charge in [0.15, 0.2) is 11.5 Å². The molecule has 0 heterocycles. The number of phenols is 3. The first-order chi connectivity index (χ1) is 8.97. The number of phenolic OH excluding ortho intramolecular Hbond substituents is 3. The molecule has 0 radical (unpaired) electrons. The average Bonchev–Trinajstić information content (AvgIpc) is 2.39. The van der Waals surface area contributed by atoms with Crippen molar-refractivity contribution in [1.29, 1.82) is 0 Å². The van der Waals surface area contributed by atoms with Crippen LogP contribution in [-0.2, 0) is 9.53 Å². The molecule has 0 aliphatic rings. The van der Waals surface area contributed by atoms with Gasteiger partial charge in [-0.05, 0) is 12.1 Å². The van der Waals surface area contributed by atoms with E-state index in [-0.39, 0.29) is 12.2 Å².